The molecule has 1 aliphatic heterocycles. The number of hydrogen-bond acceptors (Lipinski definition) is 6. The Morgan fingerprint density at radius 2 is 2.00 bits per heavy atom. The molecular formula is C19H13BrINO5. The Morgan fingerprint density at radius 1 is 1.22 bits per heavy atom. The lowest BCUT2D eigenvalue weighted by Crippen LogP contribution is -2.05. The van der Waals surface area contributed by atoms with Gasteiger partial charge >= 0.3 is 11.9 Å². The van der Waals surface area contributed by atoms with Crippen LogP contribution in [0.3, 0.4) is 0 Å². The van der Waals surface area contributed by atoms with Crippen LogP contribution in [0.25, 0.3) is 6.08 Å². The number of halogens is 2. The third kappa shape index (κ3) is 4.56. The van der Waals surface area contributed by atoms with Crippen LogP contribution in [-0.4, -0.2) is 24.9 Å². The molecule has 8 heteroatoms. The second-order valence-electron chi connectivity index (χ2n) is 5.47. The van der Waals surface area contributed by atoms with Gasteiger partial charge in [-0.2, -0.15) is 0 Å². The van der Waals surface area contributed by atoms with Gasteiger partial charge in [0.15, 0.2) is 17.2 Å². The lowest BCUT2D eigenvalue weighted by Gasteiger charge is -2.08. The van der Waals surface area contributed by atoms with E-state index in [4.69, 9.17) is 14.2 Å². The fourth-order valence-corrected chi connectivity index (χ4v) is 3.05. The number of hydrogen-bond donors (Lipinski definition) is 0. The van der Waals surface area contributed by atoms with Gasteiger partial charge in [-0.15, -0.1) is 0 Å². The van der Waals surface area contributed by atoms with E-state index in [2.05, 4.69) is 43.5 Å². The smallest absolute Gasteiger partial charge is 0.363 e. The van der Waals surface area contributed by atoms with Crippen LogP contribution in [0.1, 0.15) is 18.1 Å². The van der Waals surface area contributed by atoms with Gasteiger partial charge in [0.1, 0.15) is 0 Å². The average Bonchev–Trinajstić information content (AvgIpc) is 2.98. The Balaban J connectivity index is 1.94. The highest BCUT2D eigenvalue weighted by Gasteiger charge is 2.24. The van der Waals surface area contributed by atoms with Crippen molar-refractivity contribution in [3.8, 4) is 11.5 Å². The highest BCUT2D eigenvalue weighted by atomic mass is 127. The van der Waals surface area contributed by atoms with Gasteiger partial charge in [-0.1, -0.05) is 6.07 Å². The van der Waals surface area contributed by atoms with Crippen molar-refractivity contribution >= 4 is 62.4 Å². The molecule has 0 aliphatic carbocycles. The molecule has 6 nitrogen and oxygen atoms in total. The fourth-order valence-electron chi connectivity index (χ4n) is 2.34. The Bertz CT molecular complexity index is 1000. The van der Waals surface area contributed by atoms with Crippen LogP contribution in [-0.2, 0) is 14.3 Å². The van der Waals surface area contributed by atoms with E-state index in [9.17, 15) is 9.59 Å². The van der Waals surface area contributed by atoms with Crippen molar-refractivity contribution in [3.63, 3.8) is 0 Å². The van der Waals surface area contributed by atoms with Gasteiger partial charge < -0.3 is 14.2 Å². The standard InChI is InChI=1S/C19H13BrINO5/c1-10(23)26-17-8-11(3-6-16(17)25-2)7-15-19(24)27-18(22-15)12-4-5-14(21)13(20)9-12/h3-9H,1-2H3/b15-7-. The number of carbonyl (C=O) groups excluding carboxylic acids is 2. The number of aliphatic imine (C=N–C) groups is 1. The summed E-state index contributed by atoms with van der Waals surface area (Å²) < 4.78 is 17.5. The predicted octanol–water partition coefficient (Wildman–Crippen LogP) is 4.33. The topological polar surface area (TPSA) is 74.2 Å². The van der Waals surface area contributed by atoms with Crippen molar-refractivity contribution in [2.45, 2.75) is 6.92 Å². The van der Waals surface area contributed by atoms with Gasteiger partial charge in [0.05, 0.1) is 7.11 Å². The molecule has 0 atom stereocenters. The minimum absolute atomic E-state index is 0.151. The average molecular weight is 542 g/mol. The first-order chi connectivity index (χ1) is 12.9. The minimum atomic E-state index is -0.551. The molecule has 0 aromatic heterocycles. The summed E-state index contributed by atoms with van der Waals surface area (Å²) in [5.41, 5.74) is 1.46. The summed E-state index contributed by atoms with van der Waals surface area (Å²) in [7, 11) is 1.48. The van der Waals surface area contributed by atoms with Gasteiger partial charge in [0.2, 0.25) is 5.90 Å². The Kier molecular flexibility index (Phi) is 5.95. The van der Waals surface area contributed by atoms with Crippen LogP contribution in [0, 0.1) is 3.57 Å². The third-order valence-corrected chi connectivity index (χ3v) is 5.87. The van der Waals surface area contributed by atoms with Crippen molar-refractivity contribution in [2.75, 3.05) is 7.11 Å². The maximum absolute atomic E-state index is 12.2. The van der Waals surface area contributed by atoms with Gasteiger partial charge in [0, 0.05) is 20.5 Å². The van der Waals surface area contributed by atoms with Crippen LogP contribution in [0.5, 0.6) is 11.5 Å². The number of methoxy groups -OCH3 is 1. The zero-order chi connectivity index (χ0) is 19.6. The summed E-state index contributed by atoms with van der Waals surface area (Å²) in [6, 6.07) is 10.5. The van der Waals surface area contributed by atoms with E-state index < -0.39 is 11.9 Å². The quantitative estimate of drug-likeness (QED) is 0.249. The first-order valence-electron chi connectivity index (χ1n) is 7.72. The highest BCUT2D eigenvalue weighted by Crippen LogP contribution is 2.30. The van der Waals surface area contributed by atoms with Gasteiger partial charge in [-0.05, 0) is 80.5 Å². The lowest BCUT2D eigenvalue weighted by atomic mass is 10.1. The molecule has 1 heterocycles. The van der Waals surface area contributed by atoms with E-state index in [1.807, 2.05) is 18.2 Å². The van der Waals surface area contributed by atoms with E-state index in [0.717, 1.165) is 8.04 Å². The summed E-state index contributed by atoms with van der Waals surface area (Å²) in [6.07, 6.45) is 1.56. The van der Waals surface area contributed by atoms with Crippen molar-refractivity contribution in [3.05, 3.63) is 61.3 Å². The summed E-state index contributed by atoms with van der Waals surface area (Å²) in [5.74, 6) is -0.115. The van der Waals surface area contributed by atoms with Gasteiger partial charge in [-0.3, -0.25) is 4.79 Å². The molecule has 0 saturated heterocycles. The van der Waals surface area contributed by atoms with E-state index >= 15 is 0 Å². The molecule has 0 unspecified atom stereocenters. The number of carbonyl (C=O) groups is 2. The van der Waals surface area contributed by atoms with E-state index in [-0.39, 0.29) is 17.3 Å². The molecule has 0 bridgehead atoms. The first-order valence-corrected chi connectivity index (χ1v) is 9.59. The summed E-state index contributed by atoms with van der Waals surface area (Å²) in [4.78, 5) is 27.7. The van der Waals surface area contributed by atoms with E-state index in [1.165, 1.54) is 14.0 Å². The molecule has 0 fully saturated rings. The lowest BCUT2D eigenvalue weighted by molar-refractivity contribution is -0.132. The highest BCUT2D eigenvalue weighted by molar-refractivity contribution is 14.1. The Hall–Kier alpha value is -2.20. The maximum Gasteiger partial charge on any atom is 0.363 e. The monoisotopic (exact) mass is 541 g/mol. The van der Waals surface area contributed by atoms with Crippen LogP contribution in [0.2, 0.25) is 0 Å². The molecule has 138 valence electrons. The number of benzene rings is 2. The molecule has 0 radical (unpaired) electrons. The molecule has 2 aromatic carbocycles. The van der Waals surface area contributed by atoms with Crippen LogP contribution in [0.15, 0.2) is 51.6 Å². The van der Waals surface area contributed by atoms with Crippen LogP contribution >= 0.6 is 38.5 Å². The minimum Gasteiger partial charge on any atom is -0.493 e. The zero-order valence-electron chi connectivity index (χ0n) is 14.3. The van der Waals surface area contributed by atoms with Crippen molar-refractivity contribution < 1.29 is 23.8 Å². The van der Waals surface area contributed by atoms with Crippen molar-refractivity contribution in [1.29, 1.82) is 0 Å². The normalized spacial score (nSPS) is 14.7. The summed E-state index contributed by atoms with van der Waals surface area (Å²) >= 11 is 5.64. The molecule has 0 N–H and O–H groups in total. The molecule has 1 aliphatic rings. The molecule has 0 spiro atoms. The molecule has 0 saturated carbocycles. The van der Waals surface area contributed by atoms with Crippen molar-refractivity contribution in [2.24, 2.45) is 4.99 Å². The molecular weight excluding hydrogens is 529 g/mol. The molecule has 27 heavy (non-hydrogen) atoms. The van der Waals surface area contributed by atoms with Crippen LogP contribution in [0.4, 0.5) is 0 Å². The molecule has 2 aromatic rings. The SMILES string of the molecule is COc1ccc(/C=C2\N=C(c3ccc(I)c(Br)c3)OC2=O)cc1OC(C)=O. The molecule has 3 rings (SSSR count). The van der Waals surface area contributed by atoms with Gasteiger partial charge in [0.25, 0.3) is 0 Å². The van der Waals surface area contributed by atoms with Crippen LogP contribution < -0.4 is 9.47 Å². The number of ether oxygens (including phenoxy) is 3. The number of nitrogens with zero attached hydrogens (tertiary/aromatic N) is 1. The third-order valence-electron chi connectivity index (χ3n) is 3.53. The number of cyclic esters (lactones) is 1. The zero-order valence-corrected chi connectivity index (χ0v) is 18.0. The summed E-state index contributed by atoms with van der Waals surface area (Å²) in [6.45, 7) is 1.30. The Morgan fingerprint density at radius 3 is 2.67 bits per heavy atom. The second-order valence-corrected chi connectivity index (χ2v) is 7.49. The molecule has 0 amide bonds. The summed E-state index contributed by atoms with van der Waals surface area (Å²) in [5, 5.41) is 0. The van der Waals surface area contributed by atoms with E-state index in [0.29, 0.717) is 16.9 Å². The van der Waals surface area contributed by atoms with E-state index in [1.54, 1.807) is 24.3 Å². The number of esters is 2. The van der Waals surface area contributed by atoms with Crippen molar-refractivity contribution in [1.82, 2.24) is 0 Å². The largest absolute Gasteiger partial charge is 0.493 e. The van der Waals surface area contributed by atoms with Gasteiger partial charge in [-0.25, -0.2) is 9.79 Å². The fraction of sp³-hybridized carbons (Fsp3) is 0.105. The maximum atomic E-state index is 12.2. The number of rotatable bonds is 4. The first kappa shape index (κ1) is 19.6. The Labute approximate surface area is 177 Å². The second kappa shape index (κ2) is 8.22. The predicted molar refractivity (Wildman–Crippen MR) is 112 cm³/mol.